The van der Waals surface area contributed by atoms with Gasteiger partial charge in [-0.1, -0.05) is 18.2 Å². The van der Waals surface area contributed by atoms with Crippen molar-refractivity contribution in [1.82, 2.24) is 9.78 Å². The van der Waals surface area contributed by atoms with Gasteiger partial charge >= 0.3 is 0 Å². The van der Waals surface area contributed by atoms with E-state index in [0.29, 0.717) is 17.5 Å². The predicted octanol–water partition coefficient (Wildman–Crippen LogP) is 2.14. The third kappa shape index (κ3) is 2.53. The Hall–Kier alpha value is -1.68. The van der Waals surface area contributed by atoms with Crippen LogP contribution in [0, 0.1) is 12.7 Å². The summed E-state index contributed by atoms with van der Waals surface area (Å²) in [4.78, 5) is 0. The third-order valence-corrected chi connectivity index (χ3v) is 2.75. The van der Waals surface area contributed by atoms with Gasteiger partial charge in [-0.15, -0.1) is 0 Å². The Morgan fingerprint density at radius 3 is 2.82 bits per heavy atom. The maximum absolute atomic E-state index is 13.8. The molecule has 3 nitrogen and oxygen atoms in total. The fraction of sp³-hybridized carbons (Fsp3) is 0.308. The van der Waals surface area contributed by atoms with Crippen LogP contribution in [0.15, 0.2) is 30.5 Å². The Balaban J connectivity index is 2.20. The van der Waals surface area contributed by atoms with Crippen molar-refractivity contribution in [2.24, 2.45) is 7.05 Å². The fourth-order valence-electron chi connectivity index (χ4n) is 1.81. The van der Waals surface area contributed by atoms with Gasteiger partial charge in [0.1, 0.15) is 5.82 Å². The SMILES string of the molecule is Cc1cccc(C(O)Cc2ccn(C)n2)c1F. The van der Waals surface area contributed by atoms with Gasteiger partial charge in [-0.25, -0.2) is 4.39 Å². The molecule has 0 aliphatic rings. The number of benzene rings is 1. The third-order valence-electron chi connectivity index (χ3n) is 2.75. The summed E-state index contributed by atoms with van der Waals surface area (Å²) in [5, 5.41) is 14.2. The van der Waals surface area contributed by atoms with Crippen LogP contribution in [0.2, 0.25) is 0 Å². The van der Waals surface area contributed by atoms with E-state index < -0.39 is 6.10 Å². The second-order valence-corrected chi connectivity index (χ2v) is 4.18. The second kappa shape index (κ2) is 4.67. The van der Waals surface area contributed by atoms with E-state index in [0.717, 1.165) is 5.69 Å². The van der Waals surface area contributed by atoms with Crippen LogP contribution < -0.4 is 0 Å². The number of aliphatic hydroxyl groups is 1. The molecule has 1 N–H and O–H groups in total. The van der Waals surface area contributed by atoms with Gasteiger partial charge in [-0.3, -0.25) is 4.68 Å². The molecule has 90 valence electrons. The van der Waals surface area contributed by atoms with Crippen molar-refractivity contribution in [1.29, 1.82) is 0 Å². The monoisotopic (exact) mass is 234 g/mol. The van der Waals surface area contributed by atoms with Crippen LogP contribution in [0.1, 0.15) is 22.9 Å². The number of rotatable bonds is 3. The largest absolute Gasteiger partial charge is 0.388 e. The Kier molecular flexibility index (Phi) is 3.24. The molecule has 0 aliphatic carbocycles. The summed E-state index contributed by atoms with van der Waals surface area (Å²) in [5.74, 6) is -0.337. The van der Waals surface area contributed by atoms with Gasteiger partial charge in [0, 0.05) is 25.2 Å². The van der Waals surface area contributed by atoms with Gasteiger partial charge in [-0.05, 0) is 18.6 Å². The molecule has 0 spiro atoms. The first kappa shape index (κ1) is 11.8. The van der Waals surface area contributed by atoms with Crippen LogP contribution >= 0.6 is 0 Å². The lowest BCUT2D eigenvalue weighted by molar-refractivity contribution is 0.172. The number of nitrogens with zero attached hydrogens (tertiary/aromatic N) is 2. The minimum Gasteiger partial charge on any atom is -0.388 e. The molecular weight excluding hydrogens is 219 g/mol. The van der Waals surface area contributed by atoms with Crippen LogP contribution in [0.25, 0.3) is 0 Å². The number of aromatic nitrogens is 2. The van der Waals surface area contributed by atoms with Crippen molar-refractivity contribution < 1.29 is 9.50 Å². The normalized spacial score (nSPS) is 12.7. The highest BCUT2D eigenvalue weighted by molar-refractivity contribution is 5.27. The summed E-state index contributed by atoms with van der Waals surface area (Å²) < 4.78 is 15.4. The lowest BCUT2D eigenvalue weighted by Crippen LogP contribution is -2.06. The number of hydrogen-bond acceptors (Lipinski definition) is 2. The highest BCUT2D eigenvalue weighted by Gasteiger charge is 2.15. The zero-order valence-electron chi connectivity index (χ0n) is 9.89. The standard InChI is InChI=1S/C13H15FN2O/c1-9-4-3-5-11(13(9)14)12(17)8-10-6-7-16(2)15-10/h3-7,12,17H,8H2,1-2H3. The Labute approximate surface area is 99.5 Å². The molecule has 2 aromatic rings. The molecule has 4 heteroatoms. The molecule has 1 aromatic carbocycles. The molecule has 1 heterocycles. The molecule has 1 aromatic heterocycles. The summed E-state index contributed by atoms with van der Waals surface area (Å²) in [6, 6.07) is 6.86. The van der Waals surface area contributed by atoms with Gasteiger partial charge in [0.25, 0.3) is 0 Å². The quantitative estimate of drug-likeness (QED) is 0.883. The molecule has 0 fully saturated rings. The number of hydrogen-bond donors (Lipinski definition) is 1. The Morgan fingerprint density at radius 2 is 2.18 bits per heavy atom. The second-order valence-electron chi connectivity index (χ2n) is 4.18. The van der Waals surface area contributed by atoms with Crippen LogP contribution in [-0.2, 0) is 13.5 Å². The van der Waals surface area contributed by atoms with Crippen molar-refractivity contribution in [3.05, 3.63) is 53.1 Å². The van der Waals surface area contributed by atoms with Crippen molar-refractivity contribution in [2.45, 2.75) is 19.4 Å². The molecular formula is C13H15FN2O. The minimum absolute atomic E-state index is 0.321. The summed E-state index contributed by atoms with van der Waals surface area (Å²) in [6.07, 6.45) is 1.26. The maximum Gasteiger partial charge on any atom is 0.131 e. The first-order valence-electron chi connectivity index (χ1n) is 5.49. The van der Waals surface area contributed by atoms with Crippen LogP contribution in [0.4, 0.5) is 4.39 Å². The van der Waals surface area contributed by atoms with Gasteiger partial charge in [0.2, 0.25) is 0 Å². The van der Waals surface area contributed by atoms with Crippen molar-refractivity contribution in [2.75, 3.05) is 0 Å². The van der Waals surface area contributed by atoms with Gasteiger partial charge in [-0.2, -0.15) is 5.10 Å². The van der Waals surface area contributed by atoms with Crippen molar-refractivity contribution in [3.8, 4) is 0 Å². The summed E-state index contributed by atoms with van der Waals surface area (Å²) in [6.45, 7) is 1.69. The van der Waals surface area contributed by atoms with E-state index in [-0.39, 0.29) is 5.82 Å². The van der Waals surface area contributed by atoms with Crippen LogP contribution in [-0.4, -0.2) is 14.9 Å². The molecule has 0 amide bonds. The zero-order chi connectivity index (χ0) is 12.4. The lowest BCUT2D eigenvalue weighted by atomic mass is 10.0. The molecule has 17 heavy (non-hydrogen) atoms. The maximum atomic E-state index is 13.8. The minimum atomic E-state index is -0.857. The average Bonchev–Trinajstić information content (AvgIpc) is 2.68. The zero-order valence-corrected chi connectivity index (χ0v) is 9.89. The fourth-order valence-corrected chi connectivity index (χ4v) is 1.81. The first-order chi connectivity index (χ1) is 8.08. The molecule has 0 aliphatic heterocycles. The summed E-state index contributed by atoms with van der Waals surface area (Å²) in [7, 11) is 1.81. The van der Waals surface area contributed by atoms with Crippen molar-refractivity contribution in [3.63, 3.8) is 0 Å². The van der Waals surface area contributed by atoms with E-state index in [4.69, 9.17) is 0 Å². The molecule has 0 saturated heterocycles. The van der Waals surface area contributed by atoms with E-state index in [1.807, 2.05) is 13.1 Å². The Morgan fingerprint density at radius 1 is 1.41 bits per heavy atom. The molecule has 0 radical (unpaired) electrons. The number of halogens is 1. The first-order valence-corrected chi connectivity index (χ1v) is 5.49. The molecule has 2 rings (SSSR count). The molecule has 1 atom stereocenters. The summed E-state index contributed by atoms with van der Waals surface area (Å²) in [5.41, 5.74) is 1.62. The number of aliphatic hydroxyl groups excluding tert-OH is 1. The van der Waals surface area contributed by atoms with Crippen molar-refractivity contribution >= 4 is 0 Å². The van der Waals surface area contributed by atoms with E-state index >= 15 is 0 Å². The number of aryl methyl sites for hydroxylation is 2. The van der Waals surface area contributed by atoms with E-state index in [9.17, 15) is 9.50 Å². The van der Waals surface area contributed by atoms with Crippen LogP contribution in [0.3, 0.4) is 0 Å². The highest BCUT2D eigenvalue weighted by Crippen LogP contribution is 2.22. The smallest absolute Gasteiger partial charge is 0.131 e. The van der Waals surface area contributed by atoms with E-state index in [2.05, 4.69) is 5.10 Å². The molecule has 0 bridgehead atoms. The molecule has 0 saturated carbocycles. The predicted molar refractivity (Wildman–Crippen MR) is 63.0 cm³/mol. The topological polar surface area (TPSA) is 38.0 Å². The van der Waals surface area contributed by atoms with E-state index in [1.165, 1.54) is 0 Å². The lowest BCUT2D eigenvalue weighted by Gasteiger charge is -2.11. The Bertz CT molecular complexity index is 522. The summed E-state index contributed by atoms with van der Waals surface area (Å²) >= 11 is 0. The van der Waals surface area contributed by atoms with Crippen LogP contribution in [0.5, 0.6) is 0 Å². The van der Waals surface area contributed by atoms with Gasteiger partial charge in [0.15, 0.2) is 0 Å². The van der Waals surface area contributed by atoms with Gasteiger partial charge < -0.3 is 5.11 Å². The van der Waals surface area contributed by atoms with Gasteiger partial charge in [0.05, 0.1) is 11.8 Å². The molecule has 1 unspecified atom stereocenters. The van der Waals surface area contributed by atoms with E-state index in [1.54, 1.807) is 36.0 Å². The average molecular weight is 234 g/mol. The highest BCUT2D eigenvalue weighted by atomic mass is 19.1.